The lowest BCUT2D eigenvalue weighted by molar-refractivity contribution is 0.00637. The smallest absolute Gasteiger partial charge is 0.357 e. The van der Waals surface area contributed by atoms with Crippen LogP contribution in [0.25, 0.3) is 11.1 Å². The molecule has 100 valence electrons. The average Bonchev–Trinajstić information content (AvgIpc) is 2.70. The number of ether oxygens (including phenoxy) is 1. The molecule has 0 aliphatic carbocycles. The monoisotopic (exact) mass is 260 g/mol. The number of benzene rings is 1. The lowest BCUT2D eigenvalue weighted by Gasteiger charge is -2.19. The highest BCUT2D eigenvalue weighted by Crippen LogP contribution is 2.20. The summed E-state index contributed by atoms with van der Waals surface area (Å²) in [6.45, 7) is 5.33. The van der Waals surface area contributed by atoms with Gasteiger partial charge in [0, 0.05) is 0 Å². The summed E-state index contributed by atoms with van der Waals surface area (Å²) < 4.78 is 5.27. The quantitative estimate of drug-likeness (QED) is 0.814. The molecule has 19 heavy (non-hydrogen) atoms. The summed E-state index contributed by atoms with van der Waals surface area (Å²) in [7, 11) is 0. The van der Waals surface area contributed by atoms with Crippen molar-refractivity contribution in [1.29, 1.82) is 0 Å². The molecule has 0 bridgehead atoms. The van der Waals surface area contributed by atoms with Crippen molar-refractivity contribution in [3.63, 3.8) is 0 Å². The number of carbonyl (C=O) groups excluding carboxylic acids is 1. The molecule has 2 aromatic rings. The van der Waals surface area contributed by atoms with Crippen molar-refractivity contribution in [3.8, 4) is 11.1 Å². The Morgan fingerprint density at radius 3 is 2.32 bits per heavy atom. The van der Waals surface area contributed by atoms with Crippen molar-refractivity contribution in [3.05, 3.63) is 46.4 Å². The fraction of sp³-hybridized carbons (Fsp3) is 0.286. The first-order valence-electron chi connectivity index (χ1n) is 5.98. The minimum absolute atomic E-state index is 0.145. The molecule has 2 rings (SSSR count). The van der Waals surface area contributed by atoms with Crippen LogP contribution in [0.3, 0.4) is 0 Å². The Balaban J connectivity index is 2.45. The predicted octanol–water partition coefficient (Wildman–Crippen LogP) is 2.33. The summed E-state index contributed by atoms with van der Waals surface area (Å²) in [5, 5.41) is 5.00. The van der Waals surface area contributed by atoms with Gasteiger partial charge in [0.05, 0.1) is 5.56 Å². The van der Waals surface area contributed by atoms with E-state index in [1.54, 1.807) is 45.0 Å². The number of hydrogen-bond acceptors (Lipinski definition) is 3. The van der Waals surface area contributed by atoms with Gasteiger partial charge in [0.2, 0.25) is 0 Å². The van der Waals surface area contributed by atoms with Crippen molar-refractivity contribution in [1.82, 2.24) is 10.2 Å². The SMILES string of the molecule is CC(C)(C)OC(=O)c1[nH][nH]c(=O)c1-c1ccccc1. The predicted molar refractivity (Wildman–Crippen MR) is 72.0 cm³/mol. The molecule has 0 amide bonds. The van der Waals surface area contributed by atoms with Gasteiger partial charge in [-0.3, -0.25) is 15.0 Å². The topological polar surface area (TPSA) is 75.0 Å². The minimum Gasteiger partial charge on any atom is -0.455 e. The van der Waals surface area contributed by atoms with Crippen molar-refractivity contribution in [2.45, 2.75) is 26.4 Å². The van der Waals surface area contributed by atoms with E-state index in [0.717, 1.165) is 0 Å². The molecule has 0 atom stereocenters. The molecule has 0 spiro atoms. The third kappa shape index (κ3) is 2.93. The number of aromatic nitrogens is 2. The van der Waals surface area contributed by atoms with E-state index in [1.165, 1.54) is 0 Å². The maximum absolute atomic E-state index is 12.1. The molecule has 2 N–H and O–H groups in total. The maximum Gasteiger partial charge on any atom is 0.357 e. The third-order valence-corrected chi connectivity index (χ3v) is 2.44. The first-order chi connectivity index (χ1) is 8.88. The van der Waals surface area contributed by atoms with Gasteiger partial charge in [-0.25, -0.2) is 4.79 Å². The van der Waals surface area contributed by atoms with Gasteiger partial charge >= 0.3 is 5.97 Å². The van der Waals surface area contributed by atoms with Crippen LogP contribution in [-0.4, -0.2) is 21.8 Å². The van der Waals surface area contributed by atoms with E-state index in [1.807, 2.05) is 6.07 Å². The number of esters is 1. The molecule has 0 fully saturated rings. The number of carbonyl (C=O) groups is 1. The zero-order chi connectivity index (χ0) is 14.0. The second kappa shape index (κ2) is 4.76. The molecule has 0 radical (unpaired) electrons. The first kappa shape index (κ1) is 13.1. The van der Waals surface area contributed by atoms with Crippen LogP contribution >= 0.6 is 0 Å². The second-order valence-corrected chi connectivity index (χ2v) is 5.20. The van der Waals surface area contributed by atoms with Crippen LogP contribution in [0.4, 0.5) is 0 Å². The third-order valence-electron chi connectivity index (χ3n) is 2.44. The van der Waals surface area contributed by atoms with Crippen LogP contribution in [-0.2, 0) is 4.74 Å². The fourth-order valence-corrected chi connectivity index (χ4v) is 1.72. The highest BCUT2D eigenvalue weighted by Gasteiger charge is 2.24. The molecule has 1 aromatic heterocycles. The molecular formula is C14H16N2O3. The van der Waals surface area contributed by atoms with Gasteiger partial charge in [0.15, 0.2) is 5.69 Å². The lowest BCUT2D eigenvalue weighted by atomic mass is 10.1. The zero-order valence-corrected chi connectivity index (χ0v) is 11.1. The van der Waals surface area contributed by atoms with Gasteiger partial charge in [0.25, 0.3) is 5.56 Å². The normalized spacial score (nSPS) is 11.3. The summed E-state index contributed by atoms with van der Waals surface area (Å²) in [6.07, 6.45) is 0. The Morgan fingerprint density at radius 1 is 1.11 bits per heavy atom. The van der Waals surface area contributed by atoms with Crippen LogP contribution in [0.1, 0.15) is 31.3 Å². The Bertz CT molecular complexity index is 633. The molecule has 5 nitrogen and oxygen atoms in total. The van der Waals surface area contributed by atoms with Crippen molar-refractivity contribution < 1.29 is 9.53 Å². The van der Waals surface area contributed by atoms with E-state index in [-0.39, 0.29) is 11.3 Å². The van der Waals surface area contributed by atoms with Crippen LogP contribution in [0.2, 0.25) is 0 Å². The lowest BCUT2D eigenvalue weighted by Crippen LogP contribution is -2.24. The van der Waals surface area contributed by atoms with E-state index in [2.05, 4.69) is 10.2 Å². The van der Waals surface area contributed by atoms with Crippen molar-refractivity contribution in [2.75, 3.05) is 0 Å². The standard InChI is InChI=1S/C14H16N2O3/c1-14(2,3)19-13(18)11-10(12(17)16-15-11)9-7-5-4-6-8-9/h4-8H,1-3H3,(H2,15,16,17). The number of rotatable bonds is 2. The highest BCUT2D eigenvalue weighted by atomic mass is 16.6. The Kier molecular flexibility index (Phi) is 3.29. The van der Waals surface area contributed by atoms with Gasteiger partial charge in [0.1, 0.15) is 5.60 Å². The molecule has 1 heterocycles. The van der Waals surface area contributed by atoms with Gasteiger partial charge in [-0.2, -0.15) is 0 Å². The van der Waals surface area contributed by atoms with Crippen LogP contribution in [0.5, 0.6) is 0 Å². The van der Waals surface area contributed by atoms with E-state index >= 15 is 0 Å². The van der Waals surface area contributed by atoms with Gasteiger partial charge < -0.3 is 4.74 Å². The number of H-pyrrole nitrogens is 2. The summed E-state index contributed by atoms with van der Waals surface area (Å²) in [4.78, 5) is 23.9. The summed E-state index contributed by atoms with van der Waals surface area (Å²) >= 11 is 0. The highest BCUT2D eigenvalue weighted by molar-refractivity contribution is 5.95. The molecule has 0 aliphatic rings. The largest absolute Gasteiger partial charge is 0.455 e. The molecule has 0 unspecified atom stereocenters. The fourth-order valence-electron chi connectivity index (χ4n) is 1.72. The summed E-state index contributed by atoms with van der Waals surface area (Å²) in [5.74, 6) is -0.551. The van der Waals surface area contributed by atoms with Gasteiger partial charge in [-0.1, -0.05) is 30.3 Å². The number of hydrogen-bond donors (Lipinski definition) is 2. The van der Waals surface area contributed by atoms with Gasteiger partial charge in [-0.05, 0) is 26.3 Å². The minimum atomic E-state index is -0.612. The molecule has 0 saturated heterocycles. The Morgan fingerprint density at radius 2 is 1.74 bits per heavy atom. The van der Waals surface area contributed by atoms with E-state index in [4.69, 9.17) is 4.74 Å². The molecule has 0 aliphatic heterocycles. The van der Waals surface area contributed by atoms with E-state index < -0.39 is 11.6 Å². The maximum atomic E-state index is 12.1. The van der Waals surface area contributed by atoms with Crippen molar-refractivity contribution >= 4 is 5.97 Å². The molecule has 5 heteroatoms. The zero-order valence-electron chi connectivity index (χ0n) is 11.1. The molecule has 0 saturated carbocycles. The second-order valence-electron chi connectivity index (χ2n) is 5.20. The average molecular weight is 260 g/mol. The van der Waals surface area contributed by atoms with Crippen molar-refractivity contribution in [2.24, 2.45) is 0 Å². The number of nitrogens with one attached hydrogen (secondary N) is 2. The van der Waals surface area contributed by atoms with E-state index in [9.17, 15) is 9.59 Å². The van der Waals surface area contributed by atoms with E-state index in [0.29, 0.717) is 11.1 Å². The number of aromatic amines is 2. The molecular weight excluding hydrogens is 244 g/mol. The molecule has 1 aromatic carbocycles. The van der Waals surface area contributed by atoms with Crippen LogP contribution < -0.4 is 5.56 Å². The first-order valence-corrected chi connectivity index (χ1v) is 5.98. The Hall–Kier alpha value is -2.30. The van der Waals surface area contributed by atoms with Crippen LogP contribution in [0, 0.1) is 0 Å². The van der Waals surface area contributed by atoms with Crippen LogP contribution in [0.15, 0.2) is 35.1 Å². The summed E-state index contributed by atoms with van der Waals surface area (Å²) in [6, 6.07) is 9.00. The Labute approximate surface area is 110 Å². The van der Waals surface area contributed by atoms with Gasteiger partial charge in [-0.15, -0.1) is 0 Å². The summed E-state index contributed by atoms with van der Waals surface area (Å²) in [5.41, 5.74) is 0.165.